The predicted octanol–water partition coefficient (Wildman–Crippen LogP) is 15.6. The van der Waals surface area contributed by atoms with Gasteiger partial charge in [-0.05, 0) is 104 Å². The van der Waals surface area contributed by atoms with Crippen molar-refractivity contribution >= 4 is 28.8 Å². The van der Waals surface area contributed by atoms with Crippen LogP contribution in [0.15, 0.2) is 234 Å². The standard InChI is InChI=1S/C58H43NS/c1-57(2)51-37-38-52-56(60-54-26-16-15-25-50(54)58(52,44-21-11-5-12-22-44)45-23-13-6-14-24-45)55(51)49-36-35-48(39-53(49)57)59(46-31-27-42(28-32-46)40-17-7-3-8-18-40)47-33-29-43(30-34-47)41-19-9-4-10-20-41/h3-39H,1-2H3. The van der Waals surface area contributed by atoms with Crippen molar-refractivity contribution in [3.8, 4) is 33.4 Å². The van der Waals surface area contributed by atoms with Gasteiger partial charge < -0.3 is 4.90 Å². The molecule has 0 saturated carbocycles. The normalized spacial score (nSPS) is 14.0. The molecule has 1 heterocycles. The molecule has 0 amide bonds. The van der Waals surface area contributed by atoms with Crippen molar-refractivity contribution < 1.29 is 0 Å². The quantitative estimate of drug-likeness (QED) is 0.158. The Kier molecular flexibility index (Phi) is 8.72. The third-order valence-electron chi connectivity index (χ3n) is 12.8. The highest BCUT2D eigenvalue weighted by atomic mass is 32.2. The summed E-state index contributed by atoms with van der Waals surface area (Å²) in [6.07, 6.45) is 0. The van der Waals surface area contributed by atoms with E-state index in [0.717, 1.165) is 17.1 Å². The molecule has 2 heteroatoms. The van der Waals surface area contributed by atoms with Crippen molar-refractivity contribution in [2.45, 2.75) is 34.5 Å². The number of benzene rings is 9. The molecule has 0 unspecified atom stereocenters. The maximum atomic E-state index is 2.46. The summed E-state index contributed by atoms with van der Waals surface area (Å²) >= 11 is 1.94. The van der Waals surface area contributed by atoms with Gasteiger partial charge in [0, 0.05) is 37.8 Å². The van der Waals surface area contributed by atoms with Gasteiger partial charge in [0.15, 0.2) is 0 Å². The van der Waals surface area contributed by atoms with Crippen LogP contribution in [0, 0.1) is 0 Å². The molecule has 286 valence electrons. The fourth-order valence-corrected chi connectivity index (χ4v) is 11.3. The summed E-state index contributed by atoms with van der Waals surface area (Å²) in [7, 11) is 0. The number of rotatable bonds is 7. The first-order valence-corrected chi connectivity index (χ1v) is 21.7. The maximum absolute atomic E-state index is 2.46. The molecule has 0 atom stereocenters. The summed E-state index contributed by atoms with van der Waals surface area (Å²) in [5.74, 6) is 0. The molecule has 0 saturated heterocycles. The molecule has 0 spiro atoms. The first kappa shape index (κ1) is 36.2. The minimum absolute atomic E-state index is 0.227. The summed E-state index contributed by atoms with van der Waals surface area (Å²) in [5.41, 5.74) is 18.2. The van der Waals surface area contributed by atoms with E-state index in [9.17, 15) is 0 Å². The molecule has 0 aromatic heterocycles. The SMILES string of the molecule is CC1(C)c2cc(N(c3ccc(-c4ccccc4)cc3)c3ccc(-c4ccccc4)cc3)ccc2-c2c1ccc1c2Sc2ccccc2C1(c1ccccc1)c1ccccc1. The van der Waals surface area contributed by atoms with E-state index in [4.69, 9.17) is 0 Å². The second-order valence-corrected chi connectivity index (χ2v) is 17.5. The van der Waals surface area contributed by atoms with Crippen molar-refractivity contribution in [1.29, 1.82) is 0 Å². The highest BCUT2D eigenvalue weighted by Gasteiger charge is 2.47. The first-order chi connectivity index (χ1) is 29.5. The van der Waals surface area contributed by atoms with E-state index >= 15 is 0 Å². The largest absolute Gasteiger partial charge is 0.310 e. The van der Waals surface area contributed by atoms with Crippen LogP contribution in [0.5, 0.6) is 0 Å². The van der Waals surface area contributed by atoms with Gasteiger partial charge in [0.2, 0.25) is 0 Å². The van der Waals surface area contributed by atoms with E-state index in [-0.39, 0.29) is 5.41 Å². The Morgan fingerprint density at radius 2 is 0.817 bits per heavy atom. The van der Waals surface area contributed by atoms with Crippen LogP contribution in [0.4, 0.5) is 17.1 Å². The van der Waals surface area contributed by atoms with Gasteiger partial charge in [-0.25, -0.2) is 0 Å². The van der Waals surface area contributed by atoms with Gasteiger partial charge in [-0.1, -0.05) is 208 Å². The zero-order valence-electron chi connectivity index (χ0n) is 33.7. The molecular weight excluding hydrogens is 743 g/mol. The summed E-state index contributed by atoms with van der Waals surface area (Å²) in [6, 6.07) is 82.7. The monoisotopic (exact) mass is 785 g/mol. The first-order valence-electron chi connectivity index (χ1n) is 20.8. The summed E-state index contributed by atoms with van der Waals surface area (Å²) in [4.78, 5) is 5.07. The summed E-state index contributed by atoms with van der Waals surface area (Å²) in [6.45, 7) is 4.81. The van der Waals surface area contributed by atoms with Gasteiger partial charge in [0.25, 0.3) is 0 Å². The minimum atomic E-state index is -0.476. The van der Waals surface area contributed by atoms with Gasteiger partial charge in [-0.2, -0.15) is 0 Å². The van der Waals surface area contributed by atoms with Gasteiger partial charge >= 0.3 is 0 Å². The van der Waals surface area contributed by atoms with Crippen molar-refractivity contribution in [2.75, 3.05) is 4.90 Å². The third kappa shape index (κ3) is 5.70. The lowest BCUT2D eigenvalue weighted by molar-refractivity contribution is 0.655. The van der Waals surface area contributed by atoms with Crippen LogP contribution in [0.1, 0.15) is 47.2 Å². The lowest BCUT2D eigenvalue weighted by atomic mass is 9.64. The molecule has 0 bridgehead atoms. The van der Waals surface area contributed by atoms with Crippen LogP contribution in [0.2, 0.25) is 0 Å². The zero-order chi connectivity index (χ0) is 40.3. The molecule has 2 aliphatic rings. The van der Waals surface area contributed by atoms with E-state index in [1.807, 2.05) is 11.8 Å². The average Bonchev–Trinajstić information content (AvgIpc) is 3.55. The van der Waals surface area contributed by atoms with Gasteiger partial charge in [-0.15, -0.1) is 0 Å². The van der Waals surface area contributed by atoms with Gasteiger partial charge in [-0.3, -0.25) is 0 Å². The highest BCUT2D eigenvalue weighted by Crippen LogP contribution is 2.62. The van der Waals surface area contributed by atoms with Crippen molar-refractivity contribution in [1.82, 2.24) is 0 Å². The zero-order valence-corrected chi connectivity index (χ0v) is 34.5. The Balaban J connectivity index is 1.09. The molecule has 11 rings (SSSR count). The molecule has 1 aliphatic heterocycles. The van der Waals surface area contributed by atoms with Gasteiger partial charge in [0.1, 0.15) is 0 Å². The Morgan fingerprint density at radius 3 is 1.37 bits per heavy atom. The number of fused-ring (bicyclic) bond motifs is 6. The lowest BCUT2D eigenvalue weighted by Gasteiger charge is -2.42. The molecular formula is C58H43NS. The van der Waals surface area contributed by atoms with Crippen molar-refractivity contribution in [3.63, 3.8) is 0 Å². The number of nitrogens with zero attached hydrogens (tertiary/aromatic N) is 1. The fourth-order valence-electron chi connectivity index (χ4n) is 9.92. The Bertz CT molecular complexity index is 2870. The Labute approximate surface area is 357 Å². The number of anilines is 3. The van der Waals surface area contributed by atoms with Crippen molar-refractivity contribution in [3.05, 3.63) is 258 Å². The van der Waals surface area contributed by atoms with Crippen LogP contribution < -0.4 is 4.90 Å². The predicted molar refractivity (Wildman–Crippen MR) is 252 cm³/mol. The second-order valence-electron chi connectivity index (χ2n) is 16.5. The smallest absolute Gasteiger partial charge is 0.0723 e. The molecule has 0 radical (unpaired) electrons. The summed E-state index contributed by atoms with van der Waals surface area (Å²) in [5, 5.41) is 0. The van der Waals surface area contributed by atoms with Crippen LogP contribution in [-0.4, -0.2) is 0 Å². The molecule has 0 fully saturated rings. The Morgan fingerprint density at radius 1 is 0.367 bits per heavy atom. The third-order valence-corrected chi connectivity index (χ3v) is 14.0. The number of hydrogen-bond donors (Lipinski definition) is 0. The van der Waals surface area contributed by atoms with Crippen LogP contribution >= 0.6 is 11.8 Å². The van der Waals surface area contributed by atoms with Crippen LogP contribution in [0.3, 0.4) is 0 Å². The molecule has 0 N–H and O–H groups in total. The van der Waals surface area contributed by atoms with E-state index in [1.165, 1.54) is 76.6 Å². The second kappa shape index (κ2) is 14.4. The molecule has 1 aliphatic carbocycles. The molecule has 1 nitrogen and oxygen atoms in total. The molecule has 9 aromatic carbocycles. The van der Waals surface area contributed by atoms with E-state index < -0.39 is 5.41 Å². The minimum Gasteiger partial charge on any atom is -0.310 e. The molecule has 9 aromatic rings. The van der Waals surface area contributed by atoms with Gasteiger partial charge in [0.05, 0.1) is 5.41 Å². The van der Waals surface area contributed by atoms with E-state index in [2.05, 4.69) is 243 Å². The summed E-state index contributed by atoms with van der Waals surface area (Å²) < 4.78 is 0. The highest BCUT2D eigenvalue weighted by molar-refractivity contribution is 7.99. The fraction of sp³-hybridized carbons (Fsp3) is 0.0690. The van der Waals surface area contributed by atoms with E-state index in [0.29, 0.717) is 0 Å². The topological polar surface area (TPSA) is 3.24 Å². The van der Waals surface area contributed by atoms with Crippen molar-refractivity contribution in [2.24, 2.45) is 0 Å². The van der Waals surface area contributed by atoms with Crippen LogP contribution in [-0.2, 0) is 10.8 Å². The number of hydrogen-bond acceptors (Lipinski definition) is 2. The lowest BCUT2D eigenvalue weighted by Crippen LogP contribution is -2.34. The van der Waals surface area contributed by atoms with Crippen LogP contribution in [0.25, 0.3) is 33.4 Å². The maximum Gasteiger partial charge on any atom is 0.0723 e. The molecule has 60 heavy (non-hydrogen) atoms. The van der Waals surface area contributed by atoms with E-state index in [1.54, 1.807) is 0 Å². The average molecular weight is 786 g/mol. The Hall–Kier alpha value is -6.87.